The van der Waals surface area contributed by atoms with Crippen LogP contribution in [0.4, 0.5) is 5.69 Å². The average Bonchev–Trinajstić information content (AvgIpc) is 3.05. The number of thioether (sulfide) groups is 1. The number of hydrogen-bond donors (Lipinski definition) is 1. The summed E-state index contributed by atoms with van der Waals surface area (Å²) < 4.78 is 5.63. The van der Waals surface area contributed by atoms with Crippen molar-refractivity contribution in [3.8, 4) is 11.5 Å². The molecule has 0 aliphatic rings. The zero-order valence-corrected chi connectivity index (χ0v) is 15.2. The molecule has 25 heavy (non-hydrogen) atoms. The Morgan fingerprint density at radius 3 is 2.68 bits per heavy atom. The summed E-state index contributed by atoms with van der Waals surface area (Å²) in [7, 11) is 0. The van der Waals surface area contributed by atoms with Gasteiger partial charge in [-0.1, -0.05) is 41.6 Å². The third-order valence-electron chi connectivity index (χ3n) is 3.67. The van der Waals surface area contributed by atoms with Gasteiger partial charge in [-0.25, -0.2) is 0 Å². The average molecular weight is 353 g/mol. The molecular weight excluding hydrogens is 334 g/mol. The first-order valence-electron chi connectivity index (χ1n) is 7.92. The fourth-order valence-corrected chi connectivity index (χ4v) is 2.91. The van der Waals surface area contributed by atoms with Crippen LogP contribution in [0.3, 0.4) is 0 Å². The maximum Gasteiger partial charge on any atom is 0.277 e. The van der Waals surface area contributed by atoms with Crippen LogP contribution in [-0.2, 0) is 4.79 Å². The highest BCUT2D eigenvalue weighted by Gasteiger charge is 2.12. The second-order valence-electron chi connectivity index (χ2n) is 5.90. The molecule has 0 aliphatic heterocycles. The lowest BCUT2D eigenvalue weighted by molar-refractivity contribution is -0.113. The largest absolute Gasteiger partial charge is 0.411 e. The molecular formula is C19H19N3O2S. The highest BCUT2D eigenvalue weighted by Crippen LogP contribution is 2.24. The molecule has 1 amide bonds. The van der Waals surface area contributed by atoms with Crippen LogP contribution in [-0.4, -0.2) is 21.9 Å². The SMILES string of the molecule is Cc1cccc(-c2nnc(SCC(=O)Nc3cc(C)ccc3C)o2)c1. The normalized spacial score (nSPS) is 10.7. The highest BCUT2D eigenvalue weighted by atomic mass is 32.2. The van der Waals surface area contributed by atoms with E-state index in [0.29, 0.717) is 11.1 Å². The number of amides is 1. The number of carbonyl (C=O) groups is 1. The second kappa shape index (κ2) is 7.53. The van der Waals surface area contributed by atoms with Crippen molar-refractivity contribution in [2.24, 2.45) is 0 Å². The van der Waals surface area contributed by atoms with E-state index in [4.69, 9.17) is 4.42 Å². The van der Waals surface area contributed by atoms with Crippen molar-refractivity contribution >= 4 is 23.4 Å². The highest BCUT2D eigenvalue weighted by molar-refractivity contribution is 7.99. The Balaban J connectivity index is 1.60. The van der Waals surface area contributed by atoms with Gasteiger partial charge in [0.15, 0.2) is 0 Å². The van der Waals surface area contributed by atoms with Crippen LogP contribution in [0.15, 0.2) is 52.1 Å². The van der Waals surface area contributed by atoms with Crippen molar-refractivity contribution < 1.29 is 9.21 Å². The number of rotatable bonds is 5. The Kier molecular flexibility index (Phi) is 5.19. The van der Waals surface area contributed by atoms with E-state index in [-0.39, 0.29) is 11.7 Å². The van der Waals surface area contributed by atoms with Gasteiger partial charge >= 0.3 is 0 Å². The van der Waals surface area contributed by atoms with Gasteiger partial charge in [-0.05, 0) is 50.1 Å². The van der Waals surface area contributed by atoms with Crippen molar-refractivity contribution in [1.29, 1.82) is 0 Å². The van der Waals surface area contributed by atoms with Gasteiger partial charge in [0.1, 0.15) is 0 Å². The Labute approximate surface area is 150 Å². The van der Waals surface area contributed by atoms with Gasteiger partial charge in [-0.3, -0.25) is 4.79 Å². The molecule has 0 aliphatic carbocycles. The Bertz CT molecular complexity index is 905. The maximum atomic E-state index is 12.1. The van der Waals surface area contributed by atoms with Crippen LogP contribution in [0.1, 0.15) is 16.7 Å². The minimum Gasteiger partial charge on any atom is -0.411 e. The molecule has 3 rings (SSSR count). The van der Waals surface area contributed by atoms with Gasteiger partial charge in [0, 0.05) is 11.3 Å². The van der Waals surface area contributed by atoms with Crippen molar-refractivity contribution in [2.75, 3.05) is 11.1 Å². The van der Waals surface area contributed by atoms with Gasteiger partial charge in [0.2, 0.25) is 11.8 Å². The molecule has 1 N–H and O–H groups in total. The third-order valence-corrected chi connectivity index (χ3v) is 4.48. The number of nitrogens with zero attached hydrogens (tertiary/aromatic N) is 2. The van der Waals surface area contributed by atoms with Crippen LogP contribution in [0.2, 0.25) is 0 Å². The summed E-state index contributed by atoms with van der Waals surface area (Å²) in [6.07, 6.45) is 0. The Morgan fingerprint density at radius 2 is 1.88 bits per heavy atom. The van der Waals surface area contributed by atoms with Crippen molar-refractivity contribution in [3.63, 3.8) is 0 Å². The van der Waals surface area contributed by atoms with E-state index in [0.717, 1.165) is 27.9 Å². The van der Waals surface area contributed by atoms with E-state index >= 15 is 0 Å². The van der Waals surface area contributed by atoms with Gasteiger partial charge in [0.05, 0.1) is 5.75 Å². The zero-order valence-electron chi connectivity index (χ0n) is 14.4. The van der Waals surface area contributed by atoms with E-state index < -0.39 is 0 Å². The number of carbonyl (C=O) groups excluding carboxylic acids is 1. The number of aryl methyl sites for hydroxylation is 3. The van der Waals surface area contributed by atoms with Crippen LogP contribution >= 0.6 is 11.8 Å². The van der Waals surface area contributed by atoms with Crippen LogP contribution < -0.4 is 5.32 Å². The first-order valence-corrected chi connectivity index (χ1v) is 8.90. The summed E-state index contributed by atoms with van der Waals surface area (Å²) in [5.74, 6) is 0.568. The standard InChI is InChI=1S/C19H19N3O2S/c1-12-5-4-6-15(9-12)18-21-22-19(24-18)25-11-17(23)20-16-10-13(2)7-8-14(16)3/h4-10H,11H2,1-3H3,(H,20,23). The summed E-state index contributed by atoms with van der Waals surface area (Å²) in [6.45, 7) is 5.97. The van der Waals surface area contributed by atoms with E-state index in [1.807, 2.05) is 63.2 Å². The lowest BCUT2D eigenvalue weighted by Gasteiger charge is -2.08. The zero-order chi connectivity index (χ0) is 17.8. The lowest BCUT2D eigenvalue weighted by atomic mass is 10.1. The third kappa shape index (κ3) is 4.48. The summed E-state index contributed by atoms with van der Waals surface area (Å²) in [5.41, 5.74) is 4.96. The van der Waals surface area contributed by atoms with E-state index in [1.165, 1.54) is 11.8 Å². The lowest BCUT2D eigenvalue weighted by Crippen LogP contribution is -2.14. The molecule has 6 heteroatoms. The molecule has 0 radical (unpaired) electrons. The topological polar surface area (TPSA) is 68.0 Å². The molecule has 0 saturated carbocycles. The molecule has 128 valence electrons. The predicted octanol–water partition coefficient (Wildman–Crippen LogP) is 4.39. The molecule has 0 unspecified atom stereocenters. The Hall–Kier alpha value is -2.60. The van der Waals surface area contributed by atoms with Gasteiger partial charge in [0.25, 0.3) is 5.22 Å². The molecule has 0 bridgehead atoms. The summed E-state index contributed by atoms with van der Waals surface area (Å²) in [6, 6.07) is 13.8. The number of hydrogen-bond acceptors (Lipinski definition) is 5. The van der Waals surface area contributed by atoms with E-state index in [2.05, 4.69) is 15.5 Å². The Morgan fingerprint density at radius 1 is 1.08 bits per heavy atom. The molecule has 1 heterocycles. The number of benzene rings is 2. The smallest absolute Gasteiger partial charge is 0.277 e. The molecule has 0 atom stereocenters. The maximum absolute atomic E-state index is 12.1. The molecule has 0 fully saturated rings. The summed E-state index contributed by atoms with van der Waals surface area (Å²) >= 11 is 1.23. The first kappa shape index (κ1) is 17.2. The van der Waals surface area contributed by atoms with Crippen molar-refractivity contribution in [1.82, 2.24) is 10.2 Å². The van der Waals surface area contributed by atoms with Gasteiger partial charge in [-0.2, -0.15) is 0 Å². The van der Waals surface area contributed by atoms with Crippen LogP contribution in [0.25, 0.3) is 11.5 Å². The second-order valence-corrected chi connectivity index (χ2v) is 6.82. The van der Waals surface area contributed by atoms with Gasteiger partial charge < -0.3 is 9.73 Å². The monoisotopic (exact) mass is 353 g/mol. The molecule has 0 spiro atoms. The molecule has 1 aromatic heterocycles. The molecule has 3 aromatic rings. The minimum absolute atomic E-state index is 0.103. The molecule has 5 nitrogen and oxygen atoms in total. The number of anilines is 1. The van der Waals surface area contributed by atoms with E-state index in [1.54, 1.807) is 0 Å². The molecule has 2 aromatic carbocycles. The fourth-order valence-electron chi connectivity index (χ4n) is 2.35. The van der Waals surface area contributed by atoms with Crippen molar-refractivity contribution in [2.45, 2.75) is 26.0 Å². The molecule has 0 saturated heterocycles. The van der Waals surface area contributed by atoms with Crippen molar-refractivity contribution in [3.05, 3.63) is 59.2 Å². The van der Waals surface area contributed by atoms with E-state index in [9.17, 15) is 4.79 Å². The van der Waals surface area contributed by atoms with Crippen LogP contribution in [0, 0.1) is 20.8 Å². The summed E-state index contributed by atoms with van der Waals surface area (Å²) in [5, 5.41) is 11.3. The first-order chi connectivity index (χ1) is 12.0. The van der Waals surface area contributed by atoms with Crippen LogP contribution in [0.5, 0.6) is 0 Å². The number of aromatic nitrogens is 2. The quantitative estimate of drug-likeness (QED) is 0.689. The fraction of sp³-hybridized carbons (Fsp3) is 0.211. The predicted molar refractivity (Wildman–Crippen MR) is 99.7 cm³/mol. The van der Waals surface area contributed by atoms with Gasteiger partial charge in [-0.15, -0.1) is 10.2 Å². The summed E-state index contributed by atoms with van der Waals surface area (Å²) in [4.78, 5) is 12.1. The number of nitrogens with one attached hydrogen (secondary N) is 1. The minimum atomic E-state index is -0.103.